The van der Waals surface area contributed by atoms with Crippen LogP contribution in [0.5, 0.6) is 0 Å². The van der Waals surface area contributed by atoms with Crippen molar-refractivity contribution >= 4 is 27.5 Å². The van der Waals surface area contributed by atoms with Gasteiger partial charge in [0.25, 0.3) is 15.9 Å². The molecule has 1 heterocycles. The lowest BCUT2D eigenvalue weighted by atomic mass is 10.1. The van der Waals surface area contributed by atoms with Crippen molar-refractivity contribution in [2.75, 3.05) is 0 Å². The first-order valence-electron chi connectivity index (χ1n) is 7.72. The Morgan fingerprint density at radius 1 is 1.30 bits per heavy atom. The van der Waals surface area contributed by atoms with Gasteiger partial charge < -0.3 is 4.74 Å². The smallest absolute Gasteiger partial charge is 0.281 e. The van der Waals surface area contributed by atoms with E-state index >= 15 is 0 Å². The van der Waals surface area contributed by atoms with Crippen LogP contribution in [0.25, 0.3) is 0 Å². The highest BCUT2D eigenvalue weighted by atomic mass is 35.5. The molecule has 0 saturated heterocycles. The van der Waals surface area contributed by atoms with Gasteiger partial charge in [-0.15, -0.1) is 0 Å². The van der Waals surface area contributed by atoms with Gasteiger partial charge in [0.1, 0.15) is 6.10 Å². The number of aromatic nitrogens is 1. The first-order chi connectivity index (χ1) is 10.9. The molecule has 1 amide bonds. The van der Waals surface area contributed by atoms with Crippen LogP contribution >= 0.6 is 11.6 Å². The van der Waals surface area contributed by atoms with Gasteiger partial charge in [0.2, 0.25) is 0 Å². The molecule has 23 heavy (non-hydrogen) atoms. The van der Waals surface area contributed by atoms with E-state index in [4.69, 9.17) is 16.3 Å². The van der Waals surface area contributed by atoms with Crippen LogP contribution in [-0.4, -0.2) is 31.5 Å². The fourth-order valence-electron chi connectivity index (χ4n) is 2.52. The topological polar surface area (TPSA) is 85.4 Å². The fraction of sp³-hybridized carbons (Fsp3) is 0.600. The molecule has 1 saturated carbocycles. The number of amides is 1. The number of pyridine rings is 1. The molecule has 1 N–H and O–H groups in total. The molecule has 0 aliphatic heterocycles. The summed E-state index contributed by atoms with van der Waals surface area (Å²) in [4.78, 5) is 15.8. The van der Waals surface area contributed by atoms with E-state index in [0.29, 0.717) is 5.02 Å². The minimum atomic E-state index is -4.02. The third kappa shape index (κ3) is 5.44. The lowest BCUT2D eigenvalue weighted by molar-refractivity contribution is -0.133. The summed E-state index contributed by atoms with van der Waals surface area (Å²) in [5, 5.41) is 0.0669. The molecule has 1 aliphatic rings. The molecule has 0 radical (unpaired) electrons. The van der Waals surface area contributed by atoms with Crippen molar-refractivity contribution in [2.45, 2.75) is 62.7 Å². The highest BCUT2D eigenvalue weighted by Gasteiger charge is 2.25. The average molecular weight is 361 g/mol. The number of halogens is 1. The Labute approximate surface area is 141 Å². The second-order valence-electron chi connectivity index (χ2n) is 5.68. The number of carbonyl (C=O) groups excluding carboxylic acids is 1. The van der Waals surface area contributed by atoms with E-state index in [1.54, 1.807) is 6.92 Å². The SMILES string of the molecule is C[C@H](OC1CCCCCC1)C(=O)NS(=O)(=O)c1ccc(Cl)cn1. The summed E-state index contributed by atoms with van der Waals surface area (Å²) in [7, 11) is -4.02. The monoisotopic (exact) mass is 360 g/mol. The van der Waals surface area contributed by atoms with E-state index < -0.39 is 22.0 Å². The molecule has 6 nitrogen and oxygen atoms in total. The molecular formula is C15H21ClN2O4S. The van der Waals surface area contributed by atoms with Crippen LogP contribution in [0.3, 0.4) is 0 Å². The van der Waals surface area contributed by atoms with Crippen LogP contribution in [0, 0.1) is 0 Å². The van der Waals surface area contributed by atoms with Crippen LogP contribution in [0.15, 0.2) is 23.4 Å². The second-order valence-corrected chi connectivity index (χ2v) is 7.74. The summed E-state index contributed by atoms with van der Waals surface area (Å²) >= 11 is 5.68. The molecule has 1 aromatic heterocycles. The predicted octanol–water partition coefficient (Wildman–Crippen LogP) is 2.67. The van der Waals surface area contributed by atoms with E-state index in [2.05, 4.69) is 4.98 Å². The Bertz CT molecular complexity index is 625. The molecular weight excluding hydrogens is 340 g/mol. The van der Waals surface area contributed by atoms with Crippen molar-refractivity contribution in [1.82, 2.24) is 9.71 Å². The van der Waals surface area contributed by atoms with Gasteiger partial charge in [-0.05, 0) is 31.9 Å². The maximum atomic E-state index is 12.1. The first-order valence-corrected chi connectivity index (χ1v) is 9.58. The van der Waals surface area contributed by atoms with Crippen LogP contribution in [0.2, 0.25) is 5.02 Å². The molecule has 1 fully saturated rings. The first kappa shape index (κ1) is 18.2. The Hall–Kier alpha value is -1.18. The van der Waals surface area contributed by atoms with Crippen molar-refractivity contribution in [3.05, 3.63) is 23.4 Å². The summed E-state index contributed by atoms with van der Waals surface area (Å²) < 4.78 is 31.9. The Morgan fingerprint density at radius 3 is 2.52 bits per heavy atom. The number of ether oxygens (including phenoxy) is 1. The Kier molecular flexibility index (Phi) is 6.38. The van der Waals surface area contributed by atoms with Gasteiger partial charge in [-0.3, -0.25) is 4.79 Å². The van der Waals surface area contributed by atoms with Gasteiger partial charge in [-0.1, -0.05) is 37.3 Å². The quantitative estimate of drug-likeness (QED) is 0.816. The predicted molar refractivity (Wildman–Crippen MR) is 86.6 cm³/mol. The molecule has 128 valence electrons. The van der Waals surface area contributed by atoms with Crippen LogP contribution in [0.1, 0.15) is 45.4 Å². The van der Waals surface area contributed by atoms with Crippen molar-refractivity contribution in [3.8, 4) is 0 Å². The Balaban J connectivity index is 1.95. The minimum absolute atomic E-state index is 0.00890. The molecule has 0 unspecified atom stereocenters. The number of carbonyl (C=O) groups is 1. The van der Waals surface area contributed by atoms with Crippen molar-refractivity contribution in [1.29, 1.82) is 0 Å². The zero-order valence-corrected chi connectivity index (χ0v) is 14.6. The number of rotatable bonds is 5. The van der Waals surface area contributed by atoms with E-state index in [-0.39, 0.29) is 11.1 Å². The number of sulfonamides is 1. The number of nitrogens with zero attached hydrogens (tertiary/aromatic N) is 1. The molecule has 0 spiro atoms. The lowest BCUT2D eigenvalue weighted by Crippen LogP contribution is -2.40. The maximum absolute atomic E-state index is 12.1. The highest BCUT2D eigenvalue weighted by molar-refractivity contribution is 7.90. The van der Waals surface area contributed by atoms with Crippen LogP contribution < -0.4 is 4.72 Å². The van der Waals surface area contributed by atoms with E-state index in [0.717, 1.165) is 25.7 Å². The van der Waals surface area contributed by atoms with Gasteiger partial charge >= 0.3 is 0 Å². The number of hydrogen-bond acceptors (Lipinski definition) is 5. The normalized spacial score (nSPS) is 18.2. The summed E-state index contributed by atoms with van der Waals surface area (Å²) in [5.41, 5.74) is 0. The summed E-state index contributed by atoms with van der Waals surface area (Å²) in [6.07, 6.45) is 6.71. The summed E-state index contributed by atoms with van der Waals surface area (Å²) in [6.45, 7) is 1.56. The molecule has 1 atom stereocenters. The van der Waals surface area contributed by atoms with Gasteiger partial charge in [-0.2, -0.15) is 8.42 Å². The lowest BCUT2D eigenvalue weighted by Gasteiger charge is -2.20. The molecule has 1 aliphatic carbocycles. The van der Waals surface area contributed by atoms with Crippen molar-refractivity contribution in [2.24, 2.45) is 0 Å². The number of hydrogen-bond donors (Lipinski definition) is 1. The van der Waals surface area contributed by atoms with Gasteiger partial charge in [0.05, 0.1) is 11.1 Å². The summed E-state index contributed by atoms with van der Waals surface area (Å²) in [5.74, 6) is -0.689. The number of nitrogens with one attached hydrogen (secondary N) is 1. The van der Waals surface area contributed by atoms with Gasteiger partial charge in [0.15, 0.2) is 5.03 Å². The molecule has 2 rings (SSSR count). The third-order valence-corrected chi connectivity index (χ3v) is 5.26. The average Bonchev–Trinajstić information content (AvgIpc) is 2.76. The van der Waals surface area contributed by atoms with Gasteiger partial charge in [-0.25, -0.2) is 9.71 Å². The molecule has 1 aromatic rings. The molecule has 0 aromatic carbocycles. The van der Waals surface area contributed by atoms with Crippen LogP contribution in [0.4, 0.5) is 0 Å². The third-order valence-electron chi connectivity index (χ3n) is 3.78. The highest BCUT2D eigenvalue weighted by Crippen LogP contribution is 2.21. The van der Waals surface area contributed by atoms with E-state index in [1.165, 1.54) is 31.2 Å². The van der Waals surface area contributed by atoms with Crippen molar-refractivity contribution < 1.29 is 17.9 Å². The zero-order valence-electron chi connectivity index (χ0n) is 13.0. The summed E-state index contributed by atoms with van der Waals surface area (Å²) in [6, 6.07) is 2.65. The Morgan fingerprint density at radius 2 is 1.96 bits per heavy atom. The molecule has 8 heteroatoms. The zero-order chi connectivity index (χ0) is 16.9. The van der Waals surface area contributed by atoms with E-state index in [9.17, 15) is 13.2 Å². The van der Waals surface area contributed by atoms with E-state index in [1.807, 2.05) is 4.72 Å². The minimum Gasteiger partial charge on any atom is -0.365 e. The van der Waals surface area contributed by atoms with Crippen LogP contribution in [-0.2, 0) is 19.6 Å². The second kappa shape index (κ2) is 8.08. The standard InChI is InChI=1S/C15H21ClN2O4S/c1-11(22-13-6-4-2-3-5-7-13)15(19)18-23(20,21)14-9-8-12(16)10-17-14/h8-11,13H,2-7H2,1H3,(H,18,19)/t11-/m0/s1. The van der Waals surface area contributed by atoms with Gasteiger partial charge in [0, 0.05) is 6.20 Å². The maximum Gasteiger partial charge on any atom is 0.281 e. The molecule has 0 bridgehead atoms. The fourth-order valence-corrected chi connectivity index (χ4v) is 3.60. The largest absolute Gasteiger partial charge is 0.365 e. The van der Waals surface area contributed by atoms with Crippen molar-refractivity contribution in [3.63, 3.8) is 0 Å².